The highest BCUT2D eigenvalue weighted by Gasteiger charge is 2.15. The van der Waals surface area contributed by atoms with Gasteiger partial charge < -0.3 is 4.74 Å². The van der Waals surface area contributed by atoms with Crippen LogP contribution in [0, 0.1) is 0 Å². The van der Waals surface area contributed by atoms with E-state index in [0.29, 0.717) is 13.0 Å². The van der Waals surface area contributed by atoms with Crippen LogP contribution >= 0.6 is 0 Å². The molecule has 0 radical (unpaired) electrons. The smallest absolute Gasteiger partial charge is 0.379 e. The number of hydrogen-bond donors (Lipinski definition) is 1. The minimum atomic E-state index is -4.39. The molecule has 0 aromatic heterocycles. The molecule has 0 rings (SSSR count). The normalized spacial score (nSPS) is 13.4. The highest BCUT2D eigenvalue weighted by Crippen LogP contribution is 2.10. The van der Waals surface area contributed by atoms with Crippen LogP contribution < -0.4 is 0 Å². The Kier molecular flexibility index (Phi) is 19.6. The molecule has 0 amide bonds. The standard InChI is InChI=1S/C22H44O5S/c1-3-5-6-7-8-9-10-11-12-13-14-15-16-17-18-19-20-26-21-22(4-2)27-28(23,24)25/h11-12,22H,3-10,13-21H2,1-2H3,(H,23,24,25)/b12-11-. The van der Waals surface area contributed by atoms with E-state index in [0.717, 1.165) is 12.8 Å². The summed E-state index contributed by atoms with van der Waals surface area (Å²) in [5.74, 6) is 0. The molecule has 0 spiro atoms. The second-order valence-electron chi connectivity index (χ2n) is 7.57. The van der Waals surface area contributed by atoms with Crippen LogP contribution in [0.1, 0.15) is 110 Å². The molecule has 0 aliphatic carbocycles. The fourth-order valence-electron chi connectivity index (χ4n) is 3.05. The summed E-state index contributed by atoms with van der Waals surface area (Å²) in [4.78, 5) is 0. The number of rotatable bonds is 21. The van der Waals surface area contributed by atoms with E-state index < -0.39 is 16.5 Å². The van der Waals surface area contributed by atoms with Gasteiger partial charge in [0.05, 0.1) is 6.61 Å². The SMILES string of the molecule is CCCCCCCC/C=C\CCCCCCCCOCC(CC)OS(=O)(=O)O. The minimum Gasteiger partial charge on any atom is -0.379 e. The van der Waals surface area contributed by atoms with Crippen LogP contribution in [0.25, 0.3) is 0 Å². The fraction of sp³-hybridized carbons (Fsp3) is 0.909. The molecule has 0 saturated carbocycles. The molecule has 0 aromatic rings. The van der Waals surface area contributed by atoms with Crippen molar-refractivity contribution in [1.29, 1.82) is 0 Å². The summed E-state index contributed by atoms with van der Waals surface area (Å²) in [6.07, 6.45) is 22.3. The zero-order chi connectivity index (χ0) is 20.9. The van der Waals surface area contributed by atoms with E-state index in [9.17, 15) is 8.42 Å². The third kappa shape index (κ3) is 21.9. The molecule has 0 bridgehead atoms. The molecule has 28 heavy (non-hydrogen) atoms. The van der Waals surface area contributed by atoms with Gasteiger partial charge in [-0.25, -0.2) is 4.18 Å². The van der Waals surface area contributed by atoms with Gasteiger partial charge in [-0.05, 0) is 38.5 Å². The molecule has 6 heteroatoms. The summed E-state index contributed by atoms with van der Waals surface area (Å²) in [7, 11) is -4.39. The molecule has 0 fully saturated rings. The lowest BCUT2D eigenvalue weighted by Gasteiger charge is -2.13. The Morgan fingerprint density at radius 1 is 0.786 bits per heavy atom. The van der Waals surface area contributed by atoms with Gasteiger partial charge in [0.25, 0.3) is 0 Å². The van der Waals surface area contributed by atoms with Gasteiger partial charge in [0, 0.05) is 6.61 Å². The van der Waals surface area contributed by atoms with Gasteiger partial charge >= 0.3 is 10.4 Å². The summed E-state index contributed by atoms with van der Waals surface area (Å²) in [6.45, 7) is 4.85. The van der Waals surface area contributed by atoms with Crippen molar-refractivity contribution in [2.24, 2.45) is 0 Å². The second kappa shape index (κ2) is 19.9. The van der Waals surface area contributed by atoms with E-state index in [1.54, 1.807) is 6.92 Å². The number of ether oxygens (including phenoxy) is 1. The quantitative estimate of drug-likeness (QED) is 0.128. The van der Waals surface area contributed by atoms with Crippen LogP contribution in [-0.4, -0.2) is 32.3 Å². The van der Waals surface area contributed by atoms with E-state index >= 15 is 0 Å². The fourth-order valence-corrected chi connectivity index (χ4v) is 3.59. The predicted octanol–water partition coefficient (Wildman–Crippen LogP) is 6.64. The van der Waals surface area contributed by atoms with Crippen LogP contribution in [-0.2, 0) is 19.3 Å². The molecular weight excluding hydrogens is 376 g/mol. The van der Waals surface area contributed by atoms with Crippen molar-refractivity contribution in [2.45, 2.75) is 116 Å². The Hall–Kier alpha value is -0.430. The minimum absolute atomic E-state index is 0.196. The zero-order valence-electron chi connectivity index (χ0n) is 18.2. The predicted molar refractivity (Wildman–Crippen MR) is 117 cm³/mol. The van der Waals surface area contributed by atoms with Crippen molar-refractivity contribution < 1.29 is 21.9 Å². The molecule has 168 valence electrons. The zero-order valence-corrected chi connectivity index (χ0v) is 19.1. The van der Waals surface area contributed by atoms with Crippen molar-refractivity contribution in [3.8, 4) is 0 Å². The van der Waals surface area contributed by atoms with E-state index in [1.807, 2.05) is 0 Å². The van der Waals surface area contributed by atoms with E-state index in [4.69, 9.17) is 9.29 Å². The highest BCUT2D eigenvalue weighted by molar-refractivity contribution is 7.80. The second-order valence-corrected chi connectivity index (χ2v) is 8.61. The van der Waals surface area contributed by atoms with Gasteiger partial charge in [-0.1, -0.05) is 83.8 Å². The van der Waals surface area contributed by atoms with Crippen LogP contribution in [0.2, 0.25) is 0 Å². The Bertz CT molecular complexity index is 448. The summed E-state index contributed by atoms with van der Waals surface area (Å²) < 4.78 is 40.0. The number of allylic oxidation sites excluding steroid dienone is 2. The molecule has 1 atom stereocenters. The van der Waals surface area contributed by atoms with E-state index in [1.165, 1.54) is 77.0 Å². The first-order valence-corrected chi connectivity index (χ1v) is 12.7. The maximum atomic E-state index is 10.7. The molecule has 5 nitrogen and oxygen atoms in total. The summed E-state index contributed by atoms with van der Waals surface area (Å²) >= 11 is 0. The molecule has 0 aliphatic rings. The largest absolute Gasteiger partial charge is 0.397 e. The van der Waals surface area contributed by atoms with Gasteiger partial charge in [0.1, 0.15) is 6.10 Å². The highest BCUT2D eigenvalue weighted by atomic mass is 32.3. The monoisotopic (exact) mass is 420 g/mol. The van der Waals surface area contributed by atoms with E-state index in [-0.39, 0.29) is 6.61 Å². The summed E-state index contributed by atoms with van der Waals surface area (Å²) in [6, 6.07) is 0. The van der Waals surface area contributed by atoms with Gasteiger partial charge in [0.2, 0.25) is 0 Å². The summed E-state index contributed by atoms with van der Waals surface area (Å²) in [5.41, 5.74) is 0. The lowest BCUT2D eigenvalue weighted by molar-refractivity contribution is 0.0437. The average molecular weight is 421 g/mol. The maximum Gasteiger partial charge on any atom is 0.397 e. The lowest BCUT2D eigenvalue weighted by atomic mass is 10.1. The first kappa shape index (κ1) is 27.6. The lowest BCUT2D eigenvalue weighted by Crippen LogP contribution is -2.22. The average Bonchev–Trinajstić information content (AvgIpc) is 2.65. The molecule has 0 aromatic carbocycles. The third-order valence-electron chi connectivity index (χ3n) is 4.82. The van der Waals surface area contributed by atoms with Crippen LogP contribution in [0.5, 0.6) is 0 Å². The van der Waals surface area contributed by atoms with Crippen molar-refractivity contribution in [1.82, 2.24) is 0 Å². The topological polar surface area (TPSA) is 72.8 Å². The third-order valence-corrected chi connectivity index (χ3v) is 5.33. The maximum absolute atomic E-state index is 10.7. The van der Waals surface area contributed by atoms with Crippen molar-refractivity contribution in [3.63, 3.8) is 0 Å². The molecule has 0 heterocycles. The van der Waals surface area contributed by atoms with Crippen molar-refractivity contribution >= 4 is 10.4 Å². The Balaban J connectivity index is 3.30. The molecular formula is C22H44O5S. The number of unbranched alkanes of at least 4 members (excludes halogenated alkanes) is 12. The van der Waals surface area contributed by atoms with Gasteiger partial charge in [-0.15, -0.1) is 0 Å². The Morgan fingerprint density at radius 2 is 1.29 bits per heavy atom. The van der Waals surface area contributed by atoms with Crippen LogP contribution in [0.15, 0.2) is 12.2 Å². The Labute approximate surface area is 174 Å². The van der Waals surface area contributed by atoms with Gasteiger partial charge in [0.15, 0.2) is 0 Å². The molecule has 0 aliphatic heterocycles. The van der Waals surface area contributed by atoms with Gasteiger partial charge in [-0.2, -0.15) is 8.42 Å². The van der Waals surface area contributed by atoms with Crippen molar-refractivity contribution in [3.05, 3.63) is 12.2 Å². The van der Waals surface area contributed by atoms with Crippen molar-refractivity contribution in [2.75, 3.05) is 13.2 Å². The molecule has 1 N–H and O–H groups in total. The van der Waals surface area contributed by atoms with Crippen LogP contribution in [0.4, 0.5) is 0 Å². The van der Waals surface area contributed by atoms with Crippen LogP contribution in [0.3, 0.4) is 0 Å². The first-order chi connectivity index (χ1) is 13.5. The first-order valence-electron chi connectivity index (χ1n) is 11.4. The number of hydrogen-bond acceptors (Lipinski definition) is 4. The van der Waals surface area contributed by atoms with Gasteiger partial charge in [-0.3, -0.25) is 4.55 Å². The molecule has 1 unspecified atom stereocenters. The summed E-state index contributed by atoms with van der Waals surface area (Å²) in [5, 5.41) is 0. The van der Waals surface area contributed by atoms with E-state index in [2.05, 4.69) is 23.3 Å². The Morgan fingerprint density at radius 3 is 1.79 bits per heavy atom. The molecule has 0 saturated heterocycles.